The molecule has 0 aliphatic heterocycles. The number of ether oxygens (including phenoxy) is 1. The zero-order valence-electron chi connectivity index (χ0n) is 16.0. The van der Waals surface area contributed by atoms with Crippen molar-refractivity contribution in [3.8, 4) is 17.2 Å². The molecule has 0 aliphatic carbocycles. The summed E-state index contributed by atoms with van der Waals surface area (Å²) in [6.07, 6.45) is 1.59. The van der Waals surface area contributed by atoms with E-state index in [1.165, 1.54) is 12.1 Å². The molecule has 0 saturated carbocycles. The average Bonchev–Trinajstić information content (AvgIpc) is 3.38. The van der Waals surface area contributed by atoms with E-state index in [1.807, 2.05) is 54.6 Å². The van der Waals surface area contributed by atoms with E-state index >= 15 is 0 Å². The van der Waals surface area contributed by atoms with Crippen LogP contribution in [0.5, 0.6) is 5.75 Å². The molecule has 0 fully saturated rings. The Bertz CT molecular complexity index is 1290. The Balaban J connectivity index is 1.45. The number of para-hydroxylation sites is 3. The maximum absolute atomic E-state index is 13.5. The second-order valence-corrected chi connectivity index (χ2v) is 6.86. The van der Waals surface area contributed by atoms with E-state index in [1.54, 1.807) is 18.4 Å². The first-order valence-electron chi connectivity index (χ1n) is 9.58. The van der Waals surface area contributed by atoms with Crippen molar-refractivity contribution in [2.24, 2.45) is 0 Å². The predicted octanol–water partition coefficient (Wildman–Crippen LogP) is 5.46. The third-order valence-corrected chi connectivity index (χ3v) is 4.79. The molecule has 3 aromatic carbocycles. The lowest BCUT2D eigenvalue weighted by Crippen LogP contribution is -2.08. The number of aromatic nitrogens is 3. The summed E-state index contributed by atoms with van der Waals surface area (Å²) in [5.41, 5.74) is 3.19. The summed E-state index contributed by atoms with van der Waals surface area (Å²) in [7, 11) is 0. The van der Waals surface area contributed by atoms with Crippen LogP contribution in [0.1, 0.15) is 11.5 Å². The van der Waals surface area contributed by atoms with Crippen LogP contribution in [-0.4, -0.2) is 14.5 Å². The molecule has 0 N–H and O–H groups in total. The molecule has 0 atom stereocenters. The molecule has 0 radical (unpaired) electrons. The van der Waals surface area contributed by atoms with Gasteiger partial charge in [-0.05, 0) is 42.5 Å². The van der Waals surface area contributed by atoms with Crippen LogP contribution >= 0.6 is 0 Å². The van der Waals surface area contributed by atoms with E-state index in [0.29, 0.717) is 24.6 Å². The number of hydrogen-bond acceptors (Lipinski definition) is 4. The minimum atomic E-state index is -0.326. The molecule has 5 rings (SSSR count). The van der Waals surface area contributed by atoms with Crippen molar-refractivity contribution in [2.75, 3.05) is 0 Å². The maximum atomic E-state index is 13.5. The van der Waals surface area contributed by atoms with Crippen molar-refractivity contribution in [3.05, 3.63) is 102 Å². The quantitative estimate of drug-likeness (QED) is 0.381. The van der Waals surface area contributed by atoms with Crippen LogP contribution in [0, 0.1) is 5.82 Å². The third-order valence-electron chi connectivity index (χ3n) is 4.79. The molecule has 5 aromatic rings. The summed E-state index contributed by atoms with van der Waals surface area (Å²) in [6, 6.07) is 23.8. The molecule has 2 heterocycles. The van der Waals surface area contributed by atoms with Gasteiger partial charge in [0.2, 0.25) is 5.89 Å². The zero-order chi connectivity index (χ0) is 20.3. The van der Waals surface area contributed by atoms with Crippen LogP contribution in [0.2, 0.25) is 0 Å². The highest BCUT2D eigenvalue weighted by molar-refractivity contribution is 5.76. The Labute approximate surface area is 172 Å². The Morgan fingerprint density at radius 3 is 2.60 bits per heavy atom. The van der Waals surface area contributed by atoms with Gasteiger partial charge in [0, 0.05) is 5.56 Å². The fourth-order valence-electron chi connectivity index (χ4n) is 3.37. The van der Waals surface area contributed by atoms with Crippen LogP contribution < -0.4 is 4.74 Å². The normalized spacial score (nSPS) is 11.1. The zero-order valence-corrected chi connectivity index (χ0v) is 16.0. The average molecular weight is 399 g/mol. The molecule has 30 heavy (non-hydrogen) atoms. The molecule has 0 amide bonds. The second-order valence-electron chi connectivity index (χ2n) is 6.86. The molecule has 2 aromatic heterocycles. The molecule has 5 nitrogen and oxygen atoms in total. The first-order valence-corrected chi connectivity index (χ1v) is 9.58. The summed E-state index contributed by atoms with van der Waals surface area (Å²) in [5.74, 6) is 1.63. The van der Waals surface area contributed by atoms with Gasteiger partial charge in [0.15, 0.2) is 0 Å². The van der Waals surface area contributed by atoms with Gasteiger partial charge in [0.25, 0.3) is 0 Å². The predicted molar refractivity (Wildman–Crippen MR) is 112 cm³/mol. The van der Waals surface area contributed by atoms with Crippen molar-refractivity contribution in [1.82, 2.24) is 14.5 Å². The third kappa shape index (κ3) is 3.67. The standard InChI is InChI=1S/C24H18FN3O2/c25-18-8-6-7-17(13-18)24-26-19(15-30-24)14-28-22-12-5-4-11-21(22)27-23(28)16-29-20-9-2-1-3-10-20/h1-13,15H,14,16H2. The second kappa shape index (κ2) is 7.83. The maximum Gasteiger partial charge on any atom is 0.226 e. The highest BCUT2D eigenvalue weighted by Gasteiger charge is 2.14. The summed E-state index contributed by atoms with van der Waals surface area (Å²) in [5, 5.41) is 0. The van der Waals surface area contributed by atoms with E-state index < -0.39 is 0 Å². The highest BCUT2D eigenvalue weighted by Crippen LogP contribution is 2.23. The SMILES string of the molecule is Fc1cccc(-c2nc(Cn3c(COc4ccccc4)nc4ccccc43)co2)c1. The highest BCUT2D eigenvalue weighted by atomic mass is 19.1. The Hall–Kier alpha value is -3.93. The molecule has 0 bridgehead atoms. The van der Waals surface area contributed by atoms with Crippen LogP contribution in [0.4, 0.5) is 4.39 Å². The molecule has 0 saturated heterocycles. The fourth-order valence-corrected chi connectivity index (χ4v) is 3.37. The Morgan fingerprint density at radius 1 is 0.900 bits per heavy atom. The van der Waals surface area contributed by atoms with Crippen LogP contribution in [0.3, 0.4) is 0 Å². The van der Waals surface area contributed by atoms with Gasteiger partial charge in [-0.1, -0.05) is 36.4 Å². The van der Waals surface area contributed by atoms with Gasteiger partial charge in [-0.25, -0.2) is 14.4 Å². The van der Waals surface area contributed by atoms with Crippen molar-refractivity contribution in [1.29, 1.82) is 0 Å². The summed E-state index contributed by atoms with van der Waals surface area (Å²) >= 11 is 0. The van der Waals surface area contributed by atoms with Gasteiger partial charge in [0.1, 0.15) is 30.3 Å². The number of fused-ring (bicyclic) bond motifs is 1. The number of imidazole rings is 1. The molecule has 148 valence electrons. The number of benzene rings is 3. The van der Waals surface area contributed by atoms with E-state index in [4.69, 9.17) is 14.1 Å². The molecular formula is C24H18FN3O2. The molecule has 0 spiro atoms. The summed E-state index contributed by atoms with van der Waals surface area (Å²) in [4.78, 5) is 9.27. The minimum Gasteiger partial charge on any atom is -0.486 e. The largest absolute Gasteiger partial charge is 0.486 e. The number of hydrogen-bond donors (Lipinski definition) is 0. The van der Waals surface area contributed by atoms with Gasteiger partial charge >= 0.3 is 0 Å². The van der Waals surface area contributed by atoms with Gasteiger partial charge in [-0.15, -0.1) is 0 Å². The van der Waals surface area contributed by atoms with Gasteiger partial charge in [-0.3, -0.25) is 0 Å². The van der Waals surface area contributed by atoms with Gasteiger partial charge < -0.3 is 13.7 Å². The number of oxazole rings is 1. The summed E-state index contributed by atoms with van der Waals surface area (Å²) < 4.78 is 27.1. The van der Waals surface area contributed by atoms with Crippen LogP contribution in [0.15, 0.2) is 89.5 Å². The van der Waals surface area contributed by atoms with E-state index in [2.05, 4.69) is 9.55 Å². The number of nitrogens with zero attached hydrogens (tertiary/aromatic N) is 3. The molecule has 6 heteroatoms. The fraction of sp³-hybridized carbons (Fsp3) is 0.0833. The first kappa shape index (κ1) is 18.1. The lowest BCUT2D eigenvalue weighted by molar-refractivity contribution is 0.291. The lowest BCUT2D eigenvalue weighted by Gasteiger charge is -2.09. The van der Waals surface area contributed by atoms with Crippen molar-refractivity contribution < 1.29 is 13.5 Å². The first-order chi connectivity index (χ1) is 14.8. The van der Waals surface area contributed by atoms with E-state index in [0.717, 1.165) is 28.3 Å². The Morgan fingerprint density at radius 2 is 1.73 bits per heavy atom. The molecular weight excluding hydrogens is 381 g/mol. The van der Waals surface area contributed by atoms with Crippen molar-refractivity contribution in [3.63, 3.8) is 0 Å². The number of rotatable bonds is 6. The smallest absolute Gasteiger partial charge is 0.226 e. The van der Waals surface area contributed by atoms with Crippen LogP contribution in [-0.2, 0) is 13.2 Å². The summed E-state index contributed by atoms with van der Waals surface area (Å²) in [6.45, 7) is 0.792. The van der Waals surface area contributed by atoms with Gasteiger partial charge in [-0.2, -0.15) is 0 Å². The van der Waals surface area contributed by atoms with Gasteiger partial charge in [0.05, 0.1) is 23.3 Å². The minimum absolute atomic E-state index is 0.326. The lowest BCUT2D eigenvalue weighted by atomic mass is 10.2. The number of halogens is 1. The molecule has 0 unspecified atom stereocenters. The van der Waals surface area contributed by atoms with E-state index in [9.17, 15) is 4.39 Å². The van der Waals surface area contributed by atoms with Crippen molar-refractivity contribution in [2.45, 2.75) is 13.2 Å². The molecule has 0 aliphatic rings. The van der Waals surface area contributed by atoms with Crippen LogP contribution in [0.25, 0.3) is 22.5 Å². The topological polar surface area (TPSA) is 53.1 Å². The Kier molecular flexibility index (Phi) is 4.73. The monoisotopic (exact) mass is 399 g/mol. The van der Waals surface area contributed by atoms with Crippen molar-refractivity contribution >= 4 is 11.0 Å². The van der Waals surface area contributed by atoms with E-state index in [-0.39, 0.29) is 5.82 Å².